The summed E-state index contributed by atoms with van der Waals surface area (Å²) >= 11 is 0. The number of carbonyl (C=O) groups excluding carboxylic acids is 2. The third-order valence-corrected chi connectivity index (χ3v) is 4.73. The highest BCUT2D eigenvalue weighted by Crippen LogP contribution is 2.28. The van der Waals surface area contributed by atoms with Crippen LogP contribution in [0.2, 0.25) is 0 Å². The average Bonchev–Trinajstić information content (AvgIpc) is 2.70. The Morgan fingerprint density at radius 1 is 0.692 bits per heavy atom. The van der Waals surface area contributed by atoms with Crippen molar-refractivity contribution in [3.8, 4) is 5.75 Å². The van der Waals surface area contributed by atoms with Crippen LogP contribution in [-0.4, -0.2) is 11.6 Å². The fraction of sp³-hybridized carbons (Fsp3) is 0.130. The van der Waals surface area contributed by atoms with Crippen molar-refractivity contribution >= 4 is 11.6 Å². The normalized spacial score (nSPS) is 12.5. The van der Waals surface area contributed by atoms with Gasteiger partial charge >= 0.3 is 0 Å². The van der Waals surface area contributed by atoms with Gasteiger partial charge in [-0.15, -0.1) is 0 Å². The molecule has 0 spiro atoms. The van der Waals surface area contributed by atoms with Crippen molar-refractivity contribution in [2.75, 3.05) is 0 Å². The van der Waals surface area contributed by atoms with Gasteiger partial charge in [-0.05, 0) is 41.8 Å². The number of benzene rings is 3. The van der Waals surface area contributed by atoms with Gasteiger partial charge in [-0.2, -0.15) is 0 Å². The van der Waals surface area contributed by atoms with Crippen molar-refractivity contribution in [3.05, 3.63) is 100 Å². The summed E-state index contributed by atoms with van der Waals surface area (Å²) in [6.45, 7) is 2.46. The Hall–Kier alpha value is -3.20. The highest BCUT2D eigenvalue weighted by molar-refractivity contribution is 6.28. The molecule has 26 heavy (non-hydrogen) atoms. The quantitative estimate of drug-likeness (QED) is 0.544. The van der Waals surface area contributed by atoms with Crippen molar-refractivity contribution in [2.45, 2.75) is 20.0 Å². The average molecular weight is 342 g/mol. The van der Waals surface area contributed by atoms with E-state index >= 15 is 0 Å². The van der Waals surface area contributed by atoms with Crippen LogP contribution in [0.25, 0.3) is 0 Å². The predicted octanol–water partition coefficient (Wildman–Crippen LogP) is 4.60. The van der Waals surface area contributed by atoms with Crippen molar-refractivity contribution in [1.82, 2.24) is 0 Å². The van der Waals surface area contributed by atoms with Gasteiger partial charge in [0.15, 0.2) is 11.6 Å². The minimum atomic E-state index is -0.107. The monoisotopic (exact) mass is 342 g/mol. The number of hydrogen-bond donors (Lipinski definition) is 0. The molecule has 3 nitrogen and oxygen atoms in total. The second kappa shape index (κ2) is 6.60. The molecular weight excluding hydrogens is 324 g/mol. The van der Waals surface area contributed by atoms with Crippen LogP contribution in [0.15, 0.2) is 66.7 Å². The van der Waals surface area contributed by atoms with Crippen LogP contribution in [0.3, 0.4) is 0 Å². The van der Waals surface area contributed by atoms with Gasteiger partial charge in [-0.25, -0.2) is 0 Å². The summed E-state index contributed by atoms with van der Waals surface area (Å²) in [5.74, 6) is 0.579. The molecule has 0 atom stereocenters. The zero-order valence-electron chi connectivity index (χ0n) is 14.5. The van der Waals surface area contributed by atoms with E-state index < -0.39 is 0 Å². The van der Waals surface area contributed by atoms with Gasteiger partial charge in [-0.1, -0.05) is 49.4 Å². The van der Waals surface area contributed by atoms with Gasteiger partial charge in [0.1, 0.15) is 12.4 Å². The summed E-state index contributed by atoms with van der Waals surface area (Å²) < 4.78 is 5.82. The van der Waals surface area contributed by atoms with Crippen LogP contribution in [0, 0.1) is 0 Å². The first-order valence-corrected chi connectivity index (χ1v) is 8.70. The van der Waals surface area contributed by atoms with Gasteiger partial charge in [0.05, 0.1) is 0 Å². The van der Waals surface area contributed by atoms with Gasteiger partial charge in [0, 0.05) is 22.3 Å². The molecule has 3 aromatic rings. The van der Waals surface area contributed by atoms with Crippen LogP contribution in [0.1, 0.15) is 49.9 Å². The summed E-state index contributed by atoms with van der Waals surface area (Å²) in [5, 5.41) is 0. The van der Waals surface area contributed by atoms with Crippen molar-refractivity contribution in [3.63, 3.8) is 0 Å². The van der Waals surface area contributed by atoms with E-state index in [1.54, 1.807) is 36.4 Å². The Kier molecular flexibility index (Phi) is 4.13. The predicted molar refractivity (Wildman–Crippen MR) is 99.9 cm³/mol. The number of hydrogen-bond acceptors (Lipinski definition) is 3. The van der Waals surface area contributed by atoms with Crippen molar-refractivity contribution in [2.24, 2.45) is 0 Å². The fourth-order valence-electron chi connectivity index (χ4n) is 3.22. The fourth-order valence-corrected chi connectivity index (χ4v) is 3.22. The first-order chi connectivity index (χ1) is 12.7. The minimum Gasteiger partial charge on any atom is -0.489 e. The van der Waals surface area contributed by atoms with Gasteiger partial charge in [0.25, 0.3) is 0 Å². The summed E-state index contributed by atoms with van der Waals surface area (Å²) in [6, 6.07) is 20.3. The first-order valence-electron chi connectivity index (χ1n) is 8.70. The Bertz CT molecular complexity index is 1000. The smallest absolute Gasteiger partial charge is 0.194 e. The topological polar surface area (TPSA) is 43.4 Å². The largest absolute Gasteiger partial charge is 0.489 e. The molecule has 0 aromatic heterocycles. The Morgan fingerprint density at radius 3 is 1.92 bits per heavy atom. The number of carbonyl (C=O) groups is 2. The zero-order valence-corrected chi connectivity index (χ0v) is 14.5. The lowest BCUT2D eigenvalue weighted by Crippen LogP contribution is -2.21. The van der Waals surface area contributed by atoms with Crippen molar-refractivity contribution in [1.29, 1.82) is 0 Å². The lowest BCUT2D eigenvalue weighted by Gasteiger charge is -2.18. The Labute approximate surface area is 152 Å². The molecule has 0 aliphatic heterocycles. The molecule has 0 radical (unpaired) electrons. The second-order valence-electron chi connectivity index (χ2n) is 6.37. The first kappa shape index (κ1) is 16.3. The maximum Gasteiger partial charge on any atom is 0.194 e. The van der Waals surface area contributed by atoms with Crippen LogP contribution in [-0.2, 0) is 13.0 Å². The minimum absolute atomic E-state index is 0.0992. The summed E-state index contributed by atoms with van der Waals surface area (Å²) in [4.78, 5) is 25.4. The summed E-state index contributed by atoms with van der Waals surface area (Å²) in [6.07, 6.45) is 0.989. The van der Waals surface area contributed by atoms with Gasteiger partial charge in [0.2, 0.25) is 0 Å². The third-order valence-electron chi connectivity index (χ3n) is 4.73. The van der Waals surface area contributed by atoms with E-state index in [1.807, 2.05) is 30.3 Å². The summed E-state index contributed by atoms with van der Waals surface area (Å²) in [5.41, 5.74) is 3.99. The second-order valence-corrected chi connectivity index (χ2v) is 6.37. The molecule has 0 fully saturated rings. The molecule has 0 N–H and O–H groups in total. The molecule has 1 aliphatic rings. The molecule has 0 unspecified atom stereocenters. The number of fused-ring (bicyclic) bond motifs is 2. The SMILES string of the molecule is CCc1ccc(OCc2ccc3c(c2)C(=O)c2ccccc2C3=O)cc1. The molecule has 3 heteroatoms. The number of rotatable bonds is 4. The molecule has 0 amide bonds. The molecule has 0 bridgehead atoms. The lowest BCUT2D eigenvalue weighted by atomic mass is 9.83. The van der Waals surface area contributed by atoms with E-state index in [1.165, 1.54) is 5.56 Å². The van der Waals surface area contributed by atoms with E-state index in [0.717, 1.165) is 17.7 Å². The van der Waals surface area contributed by atoms with E-state index in [-0.39, 0.29) is 11.6 Å². The highest BCUT2D eigenvalue weighted by atomic mass is 16.5. The maximum absolute atomic E-state index is 12.8. The lowest BCUT2D eigenvalue weighted by molar-refractivity contribution is 0.0979. The number of ketones is 2. The summed E-state index contributed by atoms with van der Waals surface area (Å²) in [7, 11) is 0. The van der Waals surface area contributed by atoms with E-state index in [9.17, 15) is 9.59 Å². The van der Waals surface area contributed by atoms with Gasteiger partial charge < -0.3 is 4.74 Å². The van der Waals surface area contributed by atoms with E-state index in [4.69, 9.17) is 4.74 Å². The molecule has 0 heterocycles. The van der Waals surface area contributed by atoms with Gasteiger partial charge in [-0.3, -0.25) is 9.59 Å². The molecule has 4 rings (SSSR count). The third kappa shape index (κ3) is 2.82. The van der Waals surface area contributed by atoms with Crippen molar-refractivity contribution < 1.29 is 14.3 Å². The molecule has 3 aromatic carbocycles. The Morgan fingerprint density at radius 2 is 1.27 bits per heavy atom. The molecule has 0 saturated carbocycles. The van der Waals surface area contributed by atoms with Crippen LogP contribution < -0.4 is 4.74 Å². The molecule has 128 valence electrons. The Balaban J connectivity index is 1.59. The molecular formula is C23H18O3. The van der Waals surface area contributed by atoms with E-state index in [0.29, 0.717) is 28.9 Å². The number of ether oxygens (including phenoxy) is 1. The molecule has 0 saturated heterocycles. The molecule has 1 aliphatic carbocycles. The number of aryl methyl sites for hydroxylation is 1. The maximum atomic E-state index is 12.8. The van der Waals surface area contributed by atoms with Crippen LogP contribution in [0.5, 0.6) is 5.75 Å². The zero-order chi connectivity index (χ0) is 18.1. The highest BCUT2D eigenvalue weighted by Gasteiger charge is 2.29. The van der Waals surface area contributed by atoms with Crippen LogP contribution >= 0.6 is 0 Å². The standard InChI is InChI=1S/C23H18O3/c1-2-15-7-10-17(11-8-15)26-14-16-9-12-20-21(13-16)23(25)19-6-4-3-5-18(19)22(20)24/h3-13H,2,14H2,1H3. The van der Waals surface area contributed by atoms with Crippen LogP contribution in [0.4, 0.5) is 0 Å². The van der Waals surface area contributed by atoms with E-state index in [2.05, 4.69) is 6.92 Å².